The summed E-state index contributed by atoms with van der Waals surface area (Å²) in [5, 5.41) is 6.45. The number of carbonyl (C=O) groups is 1. The minimum atomic E-state index is -0.319. The summed E-state index contributed by atoms with van der Waals surface area (Å²) in [7, 11) is 0. The molecule has 1 aromatic heterocycles. The van der Waals surface area contributed by atoms with E-state index in [4.69, 9.17) is 0 Å². The Morgan fingerprint density at radius 2 is 1.60 bits per heavy atom. The first-order valence-corrected chi connectivity index (χ1v) is 10.0. The van der Waals surface area contributed by atoms with Gasteiger partial charge >= 0.3 is 0 Å². The second-order valence-corrected chi connectivity index (χ2v) is 8.71. The lowest BCUT2D eigenvalue weighted by atomic mass is 9.75. The van der Waals surface area contributed by atoms with Crippen LogP contribution in [0.5, 0.6) is 0 Å². The van der Waals surface area contributed by atoms with Crippen LogP contribution >= 0.6 is 0 Å². The second-order valence-electron chi connectivity index (χ2n) is 8.71. The predicted octanol–water partition coefficient (Wildman–Crippen LogP) is 5.87. The number of fused-ring (bicyclic) bond motifs is 1. The highest BCUT2D eigenvalue weighted by Gasteiger charge is 2.35. The van der Waals surface area contributed by atoms with E-state index in [0.29, 0.717) is 35.9 Å². The second kappa shape index (κ2) is 7.52. The van der Waals surface area contributed by atoms with Crippen molar-refractivity contribution >= 4 is 28.9 Å². The lowest BCUT2D eigenvalue weighted by Gasteiger charge is -2.30. The Labute approximate surface area is 175 Å². The summed E-state index contributed by atoms with van der Waals surface area (Å²) < 4.78 is 13.3. The molecular weight excluding hydrogens is 379 g/mol. The number of Topliss-reactive ketones (excluding diaryl/α,β-unsaturated/α-hetero) is 1. The van der Waals surface area contributed by atoms with E-state index in [1.54, 1.807) is 12.1 Å². The van der Waals surface area contributed by atoms with E-state index >= 15 is 0 Å². The van der Waals surface area contributed by atoms with Crippen molar-refractivity contribution in [1.29, 1.82) is 0 Å². The molecule has 154 valence electrons. The van der Waals surface area contributed by atoms with Crippen LogP contribution in [0.2, 0.25) is 0 Å². The fourth-order valence-electron chi connectivity index (χ4n) is 3.73. The number of carbonyl (C=O) groups excluding carboxylic acids is 1. The zero-order chi connectivity index (χ0) is 21.5. The molecule has 0 fully saturated rings. The molecule has 0 unspecified atom stereocenters. The predicted molar refractivity (Wildman–Crippen MR) is 117 cm³/mol. The number of aryl methyl sites for hydroxylation is 2. The molecule has 0 radical (unpaired) electrons. The largest absolute Gasteiger partial charge is 0.339 e. The van der Waals surface area contributed by atoms with Gasteiger partial charge in [0.2, 0.25) is 5.95 Å². The van der Waals surface area contributed by atoms with Crippen molar-refractivity contribution in [2.75, 3.05) is 10.6 Å². The third-order valence-electron chi connectivity index (χ3n) is 5.42. The van der Waals surface area contributed by atoms with Crippen molar-refractivity contribution in [3.8, 4) is 0 Å². The first-order chi connectivity index (χ1) is 14.2. The molecule has 2 N–H and O–H groups in total. The Hall–Kier alpha value is -3.28. The van der Waals surface area contributed by atoms with Crippen LogP contribution in [0.25, 0.3) is 0 Å². The molecule has 1 aliphatic rings. The van der Waals surface area contributed by atoms with Gasteiger partial charge in [0, 0.05) is 17.8 Å². The molecule has 0 amide bonds. The minimum Gasteiger partial charge on any atom is -0.339 e. The Bertz CT molecular complexity index is 1120. The highest BCUT2D eigenvalue weighted by atomic mass is 19.1. The SMILES string of the molecule is Cc1ccc(Nc2nc3c(c(Nc4ccc(F)cc4)n2)C(=O)CC(C)(C)C3)cc1C. The van der Waals surface area contributed by atoms with Crippen molar-refractivity contribution < 1.29 is 9.18 Å². The fourth-order valence-corrected chi connectivity index (χ4v) is 3.73. The van der Waals surface area contributed by atoms with Gasteiger partial charge in [-0.15, -0.1) is 0 Å². The molecular formula is C24H25FN4O. The molecule has 0 aliphatic heterocycles. The topological polar surface area (TPSA) is 66.9 Å². The van der Waals surface area contributed by atoms with Crippen LogP contribution in [0.1, 0.15) is 47.4 Å². The standard InChI is InChI=1S/C24H25FN4O/c1-14-5-8-18(11-15(14)2)27-23-28-19-12-24(3,4)13-20(30)21(19)22(29-23)26-17-9-6-16(25)7-10-17/h5-11H,12-13H2,1-4H3,(H2,26,27,28,29). The van der Waals surface area contributed by atoms with E-state index in [1.807, 2.05) is 18.2 Å². The lowest BCUT2D eigenvalue weighted by Crippen LogP contribution is -2.29. The number of hydrogen-bond acceptors (Lipinski definition) is 5. The van der Waals surface area contributed by atoms with Gasteiger partial charge in [-0.25, -0.2) is 9.37 Å². The maximum absolute atomic E-state index is 13.3. The molecule has 0 saturated heterocycles. The Morgan fingerprint density at radius 1 is 0.900 bits per heavy atom. The highest BCUT2D eigenvalue weighted by Crippen LogP contribution is 2.37. The Kier molecular flexibility index (Phi) is 5.02. The van der Waals surface area contributed by atoms with Gasteiger partial charge < -0.3 is 10.6 Å². The van der Waals surface area contributed by atoms with Gasteiger partial charge in [-0.3, -0.25) is 4.79 Å². The normalized spacial score (nSPS) is 14.9. The molecule has 0 spiro atoms. The van der Waals surface area contributed by atoms with Crippen LogP contribution in [-0.4, -0.2) is 15.8 Å². The van der Waals surface area contributed by atoms with Crippen molar-refractivity contribution in [3.05, 3.63) is 70.7 Å². The van der Waals surface area contributed by atoms with Gasteiger partial charge in [0.05, 0.1) is 11.3 Å². The molecule has 0 bridgehead atoms. The fraction of sp³-hybridized carbons (Fsp3) is 0.292. The molecule has 30 heavy (non-hydrogen) atoms. The summed E-state index contributed by atoms with van der Waals surface area (Å²) >= 11 is 0. The molecule has 1 heterocycles. The highest BCUT2D eigenvalue weighted by molar-refractivity contribution is 6.03. The third kappa shape index (κ3) is 4.17. The number of nitrogens with zero attached hydrogens (tertiary/aromatic N) is 2. The van der Waals surface area contributed by atoms with Crippen LogP contribution in [0.3, 0.4) is 0 Å². The number of benzene rings is 2. The van der Waals surface area contributed by atoms with Crippen LogP contribution in [-0.2, 0) is 6.42 Å². The Balaban J connectivity index is 1.76. The van der Waals surface area contributed by atoms with E-state index in [-0.39, 0.29) is 17.0 Å². The van der Waals surface area contributed by atoms with Crippen LogP contribution in [0.4, 0.5) is 27.5 Å². The van der Waals surface area contributed by atoms with Crippen LogP contribution in [0, 0.1) is 25.1 Å². The summed E-state index contributed by atoms with van der Waals surface area (Å²) in [5.74, 6) is 0.564. The van der Waals surface area contributed by atoms with Crippen LogP contribution in [0.15, 0.2) is 42.5 Å². The van der Waals surface area contributed by atoms with Gasteiger partial charge in [0.25, 0.3) is 0 Å². The summed E-state index contributed by atoms with van der Waals surface area (Å²) in [6.07, 6.45) is 1.11. The van der Waals surface area contributed by atoms with Gasteiger partial charge in [0.1, 0.15) is 11.6 Å². The zero-order valence-electron chi connectivity index (χ0n) is 17.6. The molecule has 0 saturated carbocycles. The quantitative estimate of drug-likeness (QED) is 0.569. The van der Waals surface area contributed by atoms with Crippen molar-refractivity contribution in [3.63, 3.8) is 0 Å². The van der Waals surface area contributed by atoms with Gasteiger partial charge in [-0.1, -0.05) is 19.9 Å². The third-order valence-corrected chi connectivity index (χ3v) is 5.42. The molecule has 0 atom stereocenters. The van der Waals surface area contributed by atoms with Gasteiger partial charge in [-0.2, -0.15) is 4.98 Å². The van der Waals surface area contributed by atoms with E-state index in [1.165, 1.54) is 23.3 Å². The van der Waals surface area contributed by atoms with Crippen LogP contribution < -0.4 is 10.6 Å². The summed E-state index contributed by atoms with van der Waals surface area (Å²) in [6.45, 7) is 8.25. The number of ketones is 1. The summed E-state index contributed by atoms with van der Waals surface area (Å²) in [4.78, 5) is 22.2. The number of rotatable bonds is 4. The monoisotopic (exact) mass is 404 g/mol. The molecule has 4 rings (SSSR count). The van der Waals surface area contributed by atoms with Crippen molar-refractivity contribution in [2.24, 2.45) is 5.41 Å². The maximum Gasteiger partial charge on any atom is 0.229 e. The summed E-state index contributed by atoms with van der Waals surface area (Å²) in [6, 6.07) is 12.0. The van der Waals surface area contributed by atoms with Gasteiger partial charge in [0.15, 0.2) is 5.78 Å². The first-order valence-electron chi connectivity index (χ1n) is 10.0. The average molecular weight is 404 g/mol. The maximum atomic E-state index is 13.3. The average Bonchev–Trinajstić information content (AvgIpc) is 2.65. The van der Waals surface area contributed by atoms with Crippen molar-refractivity contribution in [1.82, 2.24) is 9.97 Å². The van der Waals surface area contributed by atoms with E-state index in [0.717, 1.165) is 11.4 Å². The molecule has 3 aromatic rings. The zero-order valence-corrected chi connectivity index (χ0v) is 17.6. The molecule has 1 aliphatic carbocycles. The number of nitrogens with one attached hydrogen (secondary N) is 2. The number of aromatic nitrogens is 2. The number of hydrogen-bond donors (Lipinski definition) is 2. The summed E-state index contributed by atoms with van der Waals surface area (Å²) in [5.41, 5.74) is 4.99. The number of anilines is 4. The van der Waals surface area contributed by atoms with Gasteiger partial charge in [-0.05, 0) is 73.2 Å². The van der Waals surface area contributed by atoms with E-state index in [9.17, 15) is 9.18 Å². The smallest absolute Gasteiger partial charge is 0.229 e. The van der Waals surface area contributed by atoms with Crippen molar-refractivity contribution in [2.45, 2.75) is 40.5 Å². The van der Waals surface area contributed by atoms with E-state index < -0.39 is 0 Å². The first kappa shape index (κ1) is 20.0. The molecule has 2 aromatic carbocycles. The number of halogens is 1. The van der Waals surface area contributed by atoms with E-state index in [2.05, 4.69) is 48.3 Å². The minimum absolute atomic E-state index is 0.0172. The Morgan fingerprint density at radius 3 is 2.30 bits per heavy atom. The molecule has 5 nitrogen and oxygen atoms in total. The molecule has 6 heteroatoms. The lowest BCUT2D eigenvalue weighted by molar-refractivity contribution is 0.0911.